The number of benzene rings is 1. The minimum atomic E-state index is -0.536. The summed E-state index contributed by atoms with van der Waals surface area (Å²) in [6.45, 7) is 1.31. The van der Waals surface area contributed by atoms with Gasteiger partial charge in [0.05, 0.1) is 0 Å². The Kier molecular flexibility index (Phi) is 5.29. The minimum absolute atomic E-state index is 0.536. The van der Waals surface area contributed by atoms with Crippen molar-refractivity contribution in [2.24, 2.45) is 0 Å². The van der Waals surface area contributed by atoms with Crippen molar-refractivity contribution < 1.29 is 8.78 Å². The van der Waals surface area contributed by atoms with Gasteiger partial charge < -0.3 is 5.32 Å². The van der Waals surface area contributed by atoms with Crippen molar-refractivity contribution in [3.05, 3.63) is 47.0 Å². The van der Waals surface area contributed by atoms with Crippen LogP contribution in [0.2, 0.25) is 0 Å². The van der Waals surface area contributed by atoms with Crippen LogP contribution in [-0.2, 0) is 6.42 Å². The van der Waals surface area contributed by atoms with Crippen LogP contribution >= 0.6 is 11.6 Å². The summed E-state index contributed by atoms with van der Waals surface area (Å²) in [5, 5.41) is 3.06. The maximum absolute atomic E-state index is 12.8. The SMILES string of the molecule is Fc1cc(F)cc(CCNC/C=C/Cl)c1. The van der Waals surface area contributed by atoms with Gasteiger partial charge in [0.25, 0.3) is 0 Å². The van der Waals surface area contributed by atoms with Gasteiger partial charge >= 0.3 is 0 Å². The van der Waals surface area contributed by atoms with E-state index in [0.29, 0.717) is 25.1 Å². The normalized spacial score (nSPS) is 11.1. The minimum Gasteiger partial charge on any atom is -0.313 e. The van der Waals surface area contributed by atoms with Gasteiger partial charge in [0.15, 0.2) is 0 Å². The molecule has 15 heavy (non-hydrogen) atoms. The zero-order chi connectivity index (χ0) is 11.1. The van der Waals surface area contributed by atoms with Crippen LogP contribution in [0.4, 0.5) is 8.78 Å². The quantitative estimate of drug-likeness (QED) is 0.769. The average molecular weight is 232 g/mol. The van der Waals surface area contributed by atoms with Crippen LogP contribution in [0.1, 0.15) is 5.56 Å². The van der Waals surface area contributed by atoms with Crippen LogP contribution in [0.3, 0.4) is 0 Å². The fraction of sp³-hybridized carbons (Fsp3) is 0.273. The van der Waals surface area contributed by atoms with Crippen LogP contribution < -0.4 is 5.32 Å². The van der Waals surface area contributed by atoms with E-state index in [1.165, 1.54) is 17.7 Å². The van der Waals surface area contributed by atoms with Gasteiger partial charge in [0.2, 0.25) is 0 Å². The highest BCUT2D eigenvalue weighted by atomic mass is 35.5. The number of halogens is 3. The van der Waals surface area contributed by atoms with E-state index in [-0.39, 0.29) is 0 Å². The van der Waals surface area contributed by atoms with Crippen molar-refractivity contribution in [3.8, 4) is 0 Å². The van der Waals surface area contributed by atoms with E-state index in [4.69, 9.17) is 11.6 Å². The largest absolute Gasteiger partial charge is 0.313 e. The molecule has 0 atom stereocenters. The molecule has 1 nitrogen and oxygen atoms in total. The van der Waals surface area contributed by atoms with E-state index in [0.717, 1.165) is 6.07 Å². The molecule has 1 rings (SSSR count). The first kappa shape index (κ1) is 12.1. The Labute approximate surface area is 92.8 Å². The first-order valence-electron chi connectivity index (χ1n) is 4.63. The molecular weight excluding hydrogens is 220 g/mol. The number of nitrogens with one attached hydrogen (secondary N) is 1. The fourth-order valence-electron chi connectivity index (χ4n) is 1.22. The molecule has 0 unspecified atom stereocenters. The highest BCUT2D eigenvalue weighted by Crippen LogP contribution is 2.07. The van der Waals surface area contributed by atoms with E-state index in [1.54, 1.807) is 6.08 Å². The summed E-state index contributed by atoms with van der Waals surface area (Å²) in [7, 11) is 0. The molecule has 0 aliphatic carbocycles. The van der Waals surface area contributed by atoms with Crippen LogP contribution in [0, 0.1) is 11.6 Å². The molecule has 0 fully saturated rings. The van der Waals surface area contributed by atoms with Crippen LogP contribution in [0.15, 0.2) is 29.8 Å². The molecule has 0 aromatic heterocycles. The lowest BCUT2D eigenvalue weighted by molar-refractivity contribution is 0.578. The van der Waals surface area contributed by atoms with Gasteiger partial charge in [-0.05, 0) is 30.7 Å². The molecule has 4 heteroatoms. The van der Waals surface area contributed by atoms with E-state index in [9.17, 15) is 8.78 Å². The molecule has 0 aliphatic heterocycles. The Morgan fingerprint density at radius 3 is 2.47 bits per heavy atom. The molecule has 0 spiro atoms. The summed E-state index contributed by atoms with van der Waals surface area (Å²) in [5.74, 6) is -1.07. The van der Waals surface area contributed by atoms with Crippen molar-refractivity contribution in [3.63, 3.8) is 0 Å². The van der Waals surface area contributed by atoms with Crippen molar-refractivity contribution in [1.29, 1.82) is 0 Å². The van der Waals surface area contributed by atoms with Crippen LogP contribution in [0.25, 0.3) is 0 Å². The maximum atomic E-state index is 12.8. The molecule has 0 radical (unpaired) electrons. The monoisotopic (exact) mass is 231 g/mol. The molecule has 0 heterocycles. The molecule has 0 bridgehead atoms. The third kappa shape index (κ3) is 4.91. The summed E-state index contributed by atoms with van der Waals surface area (Å²) in [6, 6.07) is 3.54. The molecule has 0 aliphatic rings. The molecule has 0 amide bonds. The van der Waals surface area contributed by atoms with Gasteiger partial charge in [-0.25, -0.2) is 8.78 Å². The third-order valence-electron chi connectivity index (χ3n) is 1.86. The second-order valence-electron chi connectivity index (χ2n) is 3.09. The van der Waals surface area contributed by atoms with Crippen molar-refractivity contribution >= 4 is 11.6 Å². The molecule has 1 N–H and O–H groups in total. The van der Waals surface area contributed by atoms with Crippen LogP contribution in [0.5, 0.6) is 0 Å². The molecule has 1 aromatic rings. The van der Waals surface area contributed by atoms with E-state index < -0.39 is 11.6 Å². The molecule has 0 saturated heterocycles. The van der Waals surface area contributed by atoms with Gasteiger partial charge in [0.1, 0.15) is 11.6 Å². The first-order valence-corrected chi connectivity index (χ1v) is 5.07. The van der Waals surface area contributed by atoms with Gasteiger partial charge in [0, 0.05) is 18.1 Å². The van der Waals surface area contributed by atoms with Gasteiger partial charge in [-0.3, -0.25) is 0 Å². The fourth-order valence-corrected chi connectivity index (χ4v) is 1.31. The highest BCUT2D eigenvalue weighted by Gasteiger charge is 1.99. The third-order valence-corrected chi connectivity index (χ3v) is 2.04. The molecule has 0 saturated carbocycles. The van der Waals surface area contributed by atoms with E-state index >= 15 is 0 Å². The summed E-state index contributed by atoms with van der Waals surface area (Å²) < 4.78 is 25.5. The Hall–Kier alpha value is -0.930. The number of rotatable bonds is 5. The smallest absolute Gasteiger partial charge is 0.126 e. The highest BCUT2D eigenvalue weighted by molar-refractivity contribution is 6.25. The van der Waals surface area contributed by atoms with Gasteiger partial charge in [-0.15, -0.1) is 0 Å². The van der Waals surface area contributed by atoms with Gasteiger partial charge in [-0.2, -0.15) is 0 Å². The van der Waals surface area contributed by atoms with E-state index in [2.05, 4.69) is 5.32 Å². The number of hydrogen-bond acceptors (Lipinski definition) is 1. The second-order valence-corrected chi connectivity index (χ2v) is 3.35. The Morgan fingerprint density at radius 1 is 1.20 bits per heavy atom. The predicted octanol–water partition coefficient (Wildman–Crippen LogP) is 2.85. The maximum Gasteiger partial charge on any atom is 0.126 e. The molecular formula is C11H12ClF2N. The van der Waals surface area contributed by atoms with Crippen LogP contribution in [-0.4, -0.2) is 13.1 Å². The first-order chi connectivity index (χ1) is 7.22. The Balaban J connectivity index is 2.37. The predicted molar refractivity (Wildman–Crippen MR) is 57.9 cm³/mol. The second kappa shape index (κ2) is 6.53. The number of hydrogen-bond donors (Lipinski definition) is 1. The average Bonchev–Trinajstić information content (AvgIpc) is 2.16. The zero-order valence-corrected chi connectivity index (χ0v) is 8.90. The zero-order valence-electron chi connectivity index (χ0n) is 8.14. The lowest BCUT2D eigenvalue weighted by Crippen LogP contribution is -2.17. The standard InChI is InChI=1S/C11H12ClF2N/c12-3-1-4-15-5-2-9-6-10(13)8-11(14)7-9/h1,3,6-8,15H,2,4-5H2/b3-1+. The summed E-state index contributed by atoms with van der Waals surface area (Å²) >= 11 is 5.32. The lowest BCUT2D eigenvalue weighted by Gasteiger charge is -2.02. The van der Waals surface area contributed by atoms with Crippen molar-refractivity contribution in [1.82, 2.24) is 5.32 Å². The summed E-state index contributed by atoms with van der Waals surface area (Å²) in [6.07, 6.45) is 2.35. The Bertz CT molecular complexity index is 319. The molecule has 82 valence electrons. The lowest BCUT2D eigenvalue weighted by atomic mass is 10.1. The van der Waals surface area contributed by atoms with Crippen molar-refractivity contribution in [2.75, 3.05) is 13.1 Å². The molecule has 1 aromatic carbocycles. The summed E-state index contributed by atoms with van der Waals surface area (Å²) in [5.41, 5.74) is 2.07. The van der Waals surface area contributed by atoms with E-state index in [1.807, 2.05) is 0 Å². The Morgan fingerprint density at radius 2 is 1.87 bits per heavy atom. The summed E-state index contributed by atoms with van der Waals surface area (Å²) in [4.78, 5) is 0. The topological polar surface area (TPSA) is 12.0 Å². The van der Waals surface area contributed by atoms with Gasteiger partial charge in [-0.1, -0.05) is 17.7 Å². The van der Waals surface area contributed by atoms with Crippen molar-refractivity contribution in [2.45, 2.75) is 6.42 Å².